The number of hydrogen-bond acceptors (Lipinski definition) is 8. The summed E-state index contributed by atoms with van der Waals surface area (Å²) < 4.78 is 0. The van der Waals surface area contributed by atoms with Gasteiger partial charge in [-0.15, -0.1) is 0 Å². The molecule has 26 heavy (non-hydrogen) atoms. The Morgan fingerprint density at radius 3 is 0.885 bits per heavy atom. The third-order valence-electron chi connectivity index (χ3n) is 3.52. The molecule has 0 bridgehead atoms. The number of hydrogen-bond donors (Lipinski definition) is 0. The van der Waals surface area contributed by atoms with Gasteiger partial charge in [0.05, 0.1) is 19.7 Å². The van der Waals surface area contributed by atoms with Crippen LogP contribution in [0.15, 0.2) is 24.3 Å². The molecule has 0 heterocycles. The van der Waals surface area contributed by atoms with Crippen molar-refractivity contribution in [2.75, 3.05) is 0 Å². The SMILES string of the molecule is Cc1cc([N+](=O)[O-])c(-c2c([N+](=O)[O-])cc(C)cc2[N+](=O)[O-])c([N+](=O)[O-])c1. The Labute approximate surface area is 144 Å². The zero-order valence-electron chi connectivity index (χ0n) is 13.4. The number of benzene rings is 2. The molecule has 0 saturated carbocycles. The maximum Gasteiger partial charge on any atom is 0.284 e. The molecule has 0 N–H and O–H groups in total. The van der Waals surface area contributed by atoms with E-state index < -0.39 is 53.6 Å². The first-order valence-corrected chi connectivity index (χ1v) is 6.91. The first-order chi connectivity index (χ1) is 12.0. The number of nitro benzene ring substituents is 4. The van der Waals surface area contributed by atoms with Gasteiger partial charge in [0.1, 0.15) is 0 Å². The molecule has 0 fully saturated rings. The quantitative estimate of drug-likeness (QED) is 0.572. The van der Waals surface area contributed by atoms with Gasteiger partial charge in [0.25, 0.3) is 22.7 Å². The van der Waals surface area contributed by atoms with Crippen LogP contribution < -0.4 is 0 Å². The second-order valence-electron chi connectivity index (χ2n) is 5.38. The Kier molecular flexibility index (Phi) is 4.60. The molecule has 2 aromatic rings. The highest BCUT2D eigenvalue weighted by atomic mass is 16.6. The van der Waals surface area contributed by atoms with Crippen LogP contribution in [0, 0.1) is 54.3 Å². The Hall–Kier alpha value is -3.96. The highest BCUT2D eigenvalue weighted by molar-refractivity contribution is 5.93. The molecule has 0 unspecified atom stereocenters. The van der Waals surface area contributed by atoms with Gasteiger partial charge < -0.3 is 0 Å². The van der Waals surface area contributed by atoms with Gasteiger partial charge in [-0.3, -0.25) is 40.5 Å². The minimum absolute atomic E-state index is 0.157. The molecule has 0 saturated heterocycles. The summed E-state index contributed by atoms with van der Waals surface area (Å²) in [5.41, 5.74) is -4.54. The normalized spacial score (nSPS) is 10.4. The Morgan fingerprint density at radius 2 is 0.731 bits per heavy atom. The van der Waals surface area contributed by atoms with Crippen molar-refractivity contribution in [1.29, 1.82) is 0 Å². The summed E-state index contributed by atoms with van der Waals surface area (Å²) >= 11 is 0. The summed E-state index contributed by atoms with van der Waals surface area (Å²) in [7, 11) is 0. The molecule has 0 aromatic heterocycles. The van der Waals surface area contributed by atoms with Crippen LogP contribution >= 0.6 is 0 Å². The predicted octanol–water partition coefficient (Wildman–Crippen LogP) is 3.60. The first-order valence-electron chi connectivity index (χ1n) is 6.91. The van der Waals surface area contributed by atoms with Crippen molar-refractivity contribution < 1.29 is 19.7 Å². The van der Waals surface area contributed by atoms with Crippen molar-refractivity contribution in [2.45, 2.75) is 13.8 Å². The molecule has 12 heteroatoms. The molecule has 0 spiro atoms. The van der Waals surface area contributed by atoms with E-state index in [4.69, 9.17) is 0 Å². The van der Waals surface area contributed by atoms with E-state index in [0.717, 1.165) is 24.3 Å². The third kappa shape index (κ3) is 3.15. The van der Waals surface area contributed by atoms with Gasteiger partial charge in [-0.05, 0) is 25.0 Å². The third-order valence-corrected chi connectivity index (χ3v) is 3.52. The average Bonchev–Trinajstić information content (AvgIpc) is 2.53. The van der Waals surface area contributed by atoms with Crippen molar-refractivity contribution in [2.24, 2.45) is 0 Å². The van der Waals surface area contributed by atoms with Crippen LogP contribution in [0.4, 0.5) is 22.7 Å². The number of nitro groups is 4. The van der Waals surface area contributed by atoms with Crippen LogP contribution in [0.1, 0.15) is 11.1 Å². The Bertz CT molecular complexity index is 835. The highest BCUT2D eigenvalue weighted by Crippen LogP contribution is 2.47. The van der Waals surface area contributed by atoms with Crippen LogP contribution in [0.25, 0.3) is 11.1 Å². The summed E-state index contributed by atoms with van der Waals surface area (Å²) in [5.74, 6) is 0. The highest BCUT2D eigenvalue weighted by Gasteiger charge is 2.38. The number of aryl methyl sites for hydroxylation is 2. The maximum atomic E-state index is 11.4. The second kappa shape index (κ2) is 6.51. The lowest BCUT2D eigenvalue weighted by Gasteiger charge is -2.08. The van der Waals surface area contributed by atoms with E-state index in [1.165, 1.54) is 13.8 Å². The summed E-state index contributed by atoms with van der Waals surface area (Å²) in [6, 6.07) is 3.87. The second-order valence-corrected chi connectivity index (χ2v) is 5.38. The molecule has 12 nitrogen and oxygen atoms in total. The fourth-order valence-electron chi connectivity index (χ4n) is 2.59. The molecule has 0 aliphatic rings. The topological polar surface area (TPSA) is 173 Å². The lowest BCUT2D eigenvalue weighted by atomic mass is 9.95. The minimum atomic E-state index is -0.970. The van der Waals surface area contributed by atoms with Crippen LogP contribution in [0.5, 0.6) is 0 Å². The maximum absolute atomic E-state index is 11.4. The van der Waals surface area contributed by atoms with Gasteiger partial charge in [0, 0.05) is 24.3 Å². The van der Waals surface area contributed by atoms with E-state index in [0.29, 0.717) is 0 Å². The molecule has 2 aromatic carbocycles. The molecule has 0 aliphatic heterocycles. The molecule has 134 valence electrons. The molecular formula is C14H10N4O8. The smallest absolute Gasteiger partial charge is 0.258 e. The number of nitrogens with zero attached hydrogens (tertiary/aromatic N) is 4. The van der Waals surface area contributed by atoms with E-state index in [1.54, 1.807) is 0 Å². The molecule has 0 aliphatic carbocycles. The van der Waals surface area contributed by atoms with E-state index in [9.17, 15) is 40.5 Å². The standard InChI is InChI=1S/C14H10N4O8/c1-7-3-9(15(19)20)13(10(4-7)16(21)22)14-11(17(23)24)5-8(2)6-12(14)18(25)26/h3-6H,1-2H3. The van der Waals surface area contributed by atoms with Crippen molar-refractivity contribution in [3.8, 4) is 11.1 Å². The zero-order chi connectivity index (χ0) is 19.8. The fourth-order valence-corrected chi connectivity index (χ4v) is 2.59. The minimum Gasteiger partial charge on any atom is -0.258 e. The monoisotopic (exact) mass is 362 g/mol. The summed E-state index contributed by atoms with van der Waals surface area (Å²) in [6.45, 7) is 2.73. The molecule has 2 rings (SSSR count). The predicted molar refractivity (Wildman–Crippen MR) is 88.0 cm³/mol. The van der Waals surface area contributed by atoms with E-state index in [1.807, 2.05) is 0 Å². The van der Waals surface area contributed by atoms with Gasteiger partial charge >= 0.3 is 0 Å². The van der Waals surface area contributed by atoms with Crippen molar-refractivity contribution >= 4 is 22.7 Å². The first kappa shape index (κ1) is 18.4. The van der Waals surface area contributed by atoms with E-state index >= 15 is 0 Å². The Balaban J connectivity index is 3.14. The van der Waals surface area contributed by atoms with Crippen LogP contribution in [0.3, 0.4) is 0 Å². The Morgan fingerprint density at radius 1 is 0.538 bits per heavy atom. The van der Waals surface area contributed by atoms with Gasteiger partial charge in [-0.2, -0.15) is 0 Å². The van der Waals surface area contributed by atoms with Crippen LogP contribution in [0.2, 0.25) is 0 Å². The fraction of sp³-hybridized carbons (Fsp3) is 0.143. The zero-order valence-corrected chi connectivity index (χ0v) is 13.4. The van der Waals surface area contributed by atoms with Crippen LogP contribution in [-0.2, 0) is 0 Å². The van der Waals surface area contributed by atoms with Gasteiger partial charge in [0.15, 0.2) is 11.1 Å². The number of rotatable bonds is 5. The van der Waals surface area contributed by atoms with Crippen molar-refractivity contribution in [3.05, 3.63) is 75.8 Å². The lowest BCUT2D eigenvalue weighted by Crippen LogP contribution is -2.04. The largest absolute Gasteiger partial charge is 0.284 e. The van der Waals surface area contributed by atoms with E-state index in [-0.39, 0.29) is 11.1 Å². The van der Waals surface area contributed by atoms with Crippen molar-refractivity contribution in [3.63, 3.8) is 0 Å². The molecular weight excluding hydrogens is 352 g/mol. The van der Waals surface area contributed by atoms with Crippen molar-refractivity contribution in [1.82, 2.24) is 0 Å². The van der Waals surface area contributed by atoms with Gasteiger partial charge in [-0.1, -0.05) is 0 Å². The summed E-state index contributed by atoms with van der Waals surface area (Å²) in [4.78, 5) is 41.7. The van der Waals surface area contributed by atoms with Crippen LogP contribution in [-0.4, -0.2) is 19.7 Å². The summed E-state index contributed by atoms with van der Waals surface area (Å²) in [5, 5.41) is 45.6. The molecule has 0 amide bonds. The van der Waals surface area contributed by atoms with Gasteiger partial charge in [0.2, 0.25) is 0 Å². The summed E-state index contributed by atoms with van der Waals surface area (Å²) in [6.07, 6.45) is 0. The lowest BCUT2D eigenvalue weighted by molar-refractivity contribution is -0.397. The average molecular weight is 362 g/mol. The van der Waals surface area contributed by atoms with Gasteiger partial charge in [-0.25, -0.2) is 0 Å². The molecule has 0 radical (unpaired) electrons. The van der Waals surface area contributed by atoms with E-state index in [2.05, 4.69) is 0 Å². The molecule has 0 atom stereocenters.